The van der Waals surface area contributed by atoms with Gasteiger partial charge in [-0.1, -0.05) is 38.5 Å². The van der Waals surface area contributed by atoms with Crippen LogP contribution < -0.4 is 59.1 Å². The van der Waals surface area contributed by atoms with Crippen LogP contribution in [0.25, 0.3) is 0 Å². The van der Waals surface area contributed by atoms with Gasteiger partial charge in [0.2, 0.25) is 0 Å². The van der Waals surface area contributed by atoms with E-state index in [0.717, 1.165) is 38.5 Å². The summed E-state index contributed by atoms with van der Waals surface area (Å²) in [4.78, 5) is 0. The molecule has 0 fully saturated rings. The van der Waals surface area contributed by atoms with Crippen molar-refractivity contribution < 1.29 is 85.0 Å². The molecule has 0 aromatic carbocycles. The van der Waals surface area contributed by atoms with Gasteiger partial charge in [-0.2, -0.15) is 0 Å². The first kappa shape index (κ1) is 29.3. The summed E-state index contributed by atoms with van der Waals surface area (Å²) in [5, 5.41) is 0. The van der Waals surface area contributed by atoms with E-state index in [4.69, 9.17) is 0 Å². The van der Waals surface area contributed by atoms with Crippen LogP contribution in [0.1, 0.15) is 51.4 Å². The van der Waals surface area contributed by atoms with Crippen molar-refractivity contribution >= 4 is 40.5 Å². The summed E-state index contributed by atoms with van der Waals surface area (Å²) >= 11 is 8.15. The van der Waals surface area contributed by atoms with Crippen LogP contribution >= 0.6 is 0 Å². The average molecular weight is 411 g/mol. The summed E-state index contributed by atoms with van der Waals surface area (Å²) in [6.07, 6.45) is 7.31. The number of hydrogen-bond donors (Lipinski definition) is 0. The Balaban J connectivity index is -0.00000180. The zero-order valence-corrected chi connectivity index (χ0v) is 20.4. The van der Waals surface area contributed by atoms with Gasteiger partial charge in [-0.25, -0.2) is 8.42 Å². The van der Waals surface area contributed by atoms with Gasteiger partial charge in [-0.3, -0.25) is 8.37 Å². The Labute approximate surface area is 187 Å². The van der Waals surface area contributed by atoms with Gasteiger partial charge in [-0.05, 0) is 35.2 Å². The molecule has 122 valence electrons. The van der Waals surface area contributed by atoms with E-state index in [1.54, 1.807) is 0 Å². The second kappa shape index (κ2) is 17.0. The summed E-state index contributed by atoms with van der Waals surface area (Å²) in [5.41, 5.74) is 0. The molecule has 0 radical (unpaired) electrons. The van der Waals surface area contributed by atoms with Gasteiger partial charge in [-0.15, -0.1) is 0 Å². The van der Waals surface area contributed by atoms with Gasteiger partial charge in [0.15, 0.2) is 0 Å². The molecule has 0 rings (SSSR count). The molecule has 0 aromatic rings. The van der Waals surface area contributed by atoms with Crippen LogP contribution in [-0.4, -0.2) is 30.7 Å². The first-order chi connectivity index (χ1) is 9.21. The van der Waals surface area contributed by atoms with Crippen molar-refractivity contribution in [2.75, 3.05) is 13.2 Å². The molecule has 0 saturated heterocycles. The monoisotopic (exact) mass is 410 g/mol. The normalized spacial score (nSPS) is 15.9. The van der Waals surface area contributed by atoms with Crippen LogP contribution in [0, 0.1) is 0 Å². The molecule has 12 heteroatoms. The molecule has 6 nitrogen and oxygen atoms in total. The van der Waals surface area contributed by atoms with Crippen LogP contribution in [0.5, 0.6) is 0 Å². The summed E-state index contributed by atoms with van der Waals surface area (Å²) in [7, 11) is -7.45. The number of unbranched alkanes of at least 4 members (excludes halogenated alkanes) is 7. The maximum atomic E-state index is 10.5. The van der Waals surface area contributed by atoms with Crippen molar-refractivity contribution in [3.8, 4) is 0 Å². The predicted octanol–water partition coefficient (Wildman–Crippen LogP) is -4.27. The predicted molar refractivity (Wildman–Crippen MR) is 81.4 cm³/mol. The molecule has 2 atom stereocenters. The van der Waals surface area contributed by atoms with Crippen molar-refractivity contribution in [3.63, 3.8) is 0 Å². The van der Waals surface area contributed by atoms with Crippen molar-refractivity contribution in [3.05, 3.63) is 0 Å². The fraction of sp³-hybridized carbons (Fsp3) is 1.00. The number of hydrogen-bond acceptors (Lipinski definition) is 8. The van der Waals surface area contributed by atoms with Gasteiger partial charge >= 0.3 is 59.1 Å². The van der Waals surface area contributed by atoms with Crippen molar-refractivity contribution in [2.45, 2.75) is 51.4 Å². The molecule has 0 amide bonds. The van der Waals surface area contributed by atoms with E-state index in [2.05, 4.69) is 30.7 Å². The average Bonchev–Trinajstić information content (AvgIpc) is 2.27. The fourth-order valence-corrected chi connectivity index (χ4v) is 2.64. The van der Waals surface area contributed by atoms with E-state index >= 15 is 0 Å². The Morgan fingerprint density at radius 2 is 0.864 bits per heavy atom. The summed E-state index contributed by atoms with van der Waals surface area (Å²) < 4.78 is 50.9. The molecule has 0 spiro atoms. The van der Waals surface area contributed by atoms with Gasteiger partial charge in [0.1, 0.15) is 0 Å². The third-order valence-corrected chi connectivity index (χ3v) is 3.98. The van der Waals surface area contributed by atoms with E-state index in [0.29, 0.717) is 12.8 Å². The Bertz CT molecular complexity index is 398. The largest absolute Gasteiger partial charge is 1.00 e. The van der Waals surface area contributed by atoms with Gasteiger partial charge in [0.25, 0.3) is 0 Å². The smallest absolute Gasteiger partial charge is 0.748 e. The molecule has 22 heavy (non-hydrogen) atoms. The molecule has 0 aromatic heterocycles. The second-order valence-electron chi connectivity index (χ2n) is 4.29. The summed E-state index contributed by atoms with van der Waals surface area (Å²) in [5.74, 6) is 0. The molecular formula is C10H20Na2O6S4. The Kier molecular flexibility index (Phi) is 22.7. The minimum atomic E-state index is -3.72. The molecule has 0 bridgehead atoms. The molecule has 0 N–H and O–H groups in total. The molecule has 0 aliphatic rings. The van der Waals surface area contributed by atoms with E-state index in [1.807, 2.05) is 0 Å². The SMILES string of the molecule is O=S([O-])(=S)OCCCCCCCCCCOS(=O)([O-])=S.[Na+].[Na+]. The third kappa shape index (κ3) is 27.4. The van der Waals surface area contributed by atoms with Gasteiger partial charge in [0.05, 0.1) is 31.3 Å². The summed E-state index contributed by atoms with van der Waals surface area (Å²) in [6.45, 7) is 0.303. The van der Waals surface area contributed by atoms with Crippen molar-refractivity contribution in [1.82, 2.24) is 0 Å². The maximum Gasteiger partial charge on any atom is 1.00 e. The molecule has 2 unspecified atom stereocenters. The number of rotatable bonds is 13. The van der Waals surface area contributed by atoms with Gasteiger partial charge in [0, 0.05) is 0 Å². The first-order valence-electron chi connectivity index (χ1n) is 6.41. The van der Waals surface area contributed by atoms with E-state index in [-0.39, 0.29) is 72.3 Å². The van der Waals surface area contributed by atoms with Gasteiger partial charge < -0.3 is 9.11 Å². The van der Waals surface area contributed by atoms with Crippen LogP contribution in [-0.2, 0) is 48.8 Å². The first-order valence-corrected chi connectivity index (χ1v) is 11.1. The fourth-order valence-electron chi connectivity index (χ4n) is 1.59. The summed E-state index contributed by atoms with van der Waals surface area (Å²) in [6, 6.07) is 0. The van der Waals surface area contributed by atoms with Crippen LogP contribution in [0.15, 0.2) is 0 Å². The molecule has 0 heterocycles. The van der Waals surface area contributed by atoms with Crippen LogP contribution in [0.3, 0.4) is 0 Å². The molecule has 0 aliphatic heterocycles. The zero-order chi connectivity index (χ0) is 15.5. The quantitative estimate of drug-likeness (QED) is 0.222. The second-order valence-corrected chi connectivity index (χ2v) is 8.84. The van der Waals surface area contributed by atoms with Crippen LogP contribution in [0.2, 0.25) is 0 Å². The van der Waals surface area contributed by atoms with Crippen LogP contribution in [0.4, 0.5) is 0 Å². The van der Waals surface area contributed by atoms with E-state index in [1.165, 1.54) is 0 Å². The maximum absolute atomic E-state index is 10.5. The Morgan fingerprint density at radius 1 is 0.636 bits per heavy atom. The third-order valence-electron chi connectivity index (χ3n) is 2.49. The van der Waals surface area contributed by atoms with E-state index < -0.39 is 18.1 Å². The van der Waals surface area contributed by atoms with Crippen molar-refractivity contribution in [1.29, 1.82) is 0 Å². The molecule has 0 saturated carbocycles. The Hall–Kier alpha value is 2.58. The van der Waals surface area contributed by atoms with E-state index in [9.17, 15) is 17.5 Å². The standard InChI is InChI=1S/C10H22O6S4.2Na/c11-19(12,17)15-9-7-5-3-1-2-4-6-8-10-16-20(13,14)18;;/h1-10H2,(H,11,12,17)(H,13,14,18);;/q;2*+1/p-2. The minimum Gasteiger partial charge on any atom is -0.748 e. The topological polar surface area (TPSA) is 98.7 Å². The zero-order valence-electron chi connectivity index (χ0n) is 13.2. The molecule has 0 aliphatic carbocycles. The molecular weight excluding hydrogens is 390 g/mol. The minimum absolute atomic E-state index is 0. The van der Waals surface area contributed by atoms with Crippen molar-refractivity contribution in [2.24, 2.45) is 0 Å². The Morgan fingerprint density at radius 3 is 1.09 bits per heavy atom.